The summed E-state index contributed by atoms with van der Waals surface area (Å²) in [5, 5.41) is 2.92. The largest absolute Gasteiger partial charge is 0.355 e. The predicted octanol–water partition coefficient (Wildman–Crippen LogP) is -1.17. The van der Waals surface area contributed by atoms with Crippen LogP contribution in [0, 0.1) is 0 Å². The molecule has 6 heteroatoms. The van der Waals surface area contributed by atoms with Crippen LogP contribution in [0.25, 0.3) is 0 Å². The monoisotopic (exact) mass is 256 g/mol. The molecule has 0 unspecified atom stereocenters. The van der Waals surface area contributed by atoms with Crippen molar-refractivity contribution in [3.8, 4) is 0 Å². The summed E-state index contributed by atoms with van der Waals surface area (Å²) in [4.78, 5) is 28.1. The molecule has 1 aliphatic heterocycles. The minimum absolute atomic E-state index is 0.0771. The molecule has 6 nitrogen and oxygen atoms in total. The van der Waals surface area contributed by atoms with Crippen LogP contribution < -0.4 is 5.32 Å². The minimum Gasteiger partial charge on any atom is -0.355 e. The second kappa shape index (κ2) is 8.05. The van der Waals surface area contributed by atoms with Gasteiger partial charge in [0.05, 0.1) is 6.54 Å². The van der Waals surface area contributed by atoms with E-state index in [-0.39, 0.29) is 5.91 Å². The van der Waals surface area contributed by atoms with E-state index in [0.29, 0.717) is 6.54 Å². The van der Waals surface area contributed by atoms with Crippen molar-refractivity contribution in [1.29, 1.82) is 0 Å². The molecule has 0 aromatic rings. The molecule has 1 N–H and O–H groups in total. The van der Waals surface area contributed by atoms with Crippen LogP contribution in [0.4, 0.5) is 0 Å². The van der Waals surface area contributed by atoms with Gasteiger partial charge in [0.2, 0.25) is 12.3 Å². The number of amides is 2. The van der Waals surface area contributed by atoms with E-state index in [1.165, 1.54) is 0 Å². The fourth-order valence-electron chi connectivity index (χ4n) is 1.91. The molecule has 1 aliphatic rings. The minimum atomic E-state index is 0.0771. The van der Waals surface area contributed by atoms with E-state index in [4.69, 9.17) is 0 Å². The van der Waals surface area contributed by atoms with Crippen molar-refractivity contribution in [2.24, 2.45) is 0 Å². The van der Waals surface area contributed by atoms with E-state index >= 15 is 0 Å². The van der Waals surface area contributed by atoms with Crippen LogP contribution in [0.2, 0.25) is 0 Å². The van der Waals surface area contributed by atoms with Crippen LogP contribution in [-0.2, 0) is 9.59 Å². The van der Waals surface area contributed by atoms with E-state index in [1.807, 2.05) is 14.1 Å². The van der Waals surface area contributed by atoms with Crippen LogP contribution in [0.5, 0.6) is 0 Å². The average molecular weight is 256 g/mol. The lowest BCUT2D eigenvalue weighted by molar-refractivity contribution is -0.123. The SMILES string of the molecule is CN(C)CCCNC(=O)CN1CCN(C=O)CC1. The summed E-state index contributed by atoms with van der Waals surface area (Å²) < 4.78 is 0. The Morgan fingerprint density at radius 3 is 2.50 bits per heavy atom. The van der Waals surface area contributed by atoms with Crippen molar-refractivity contribution in [2.75, 3.05) is 59.9 Å². The van der Waals surface area contributed by atoms with E-state index < -0.39 is 0 Å². The highest BCUT2D eigenvalue weighted by atomic mass is 16.2. The Morgan fingerprint density at radius 2 is 1.94 bits per heavy atom. The second-order valence-corrected chi connectivity index (χ2v) is 4.92. The molecule has 0 radical (unpaired) electrons. The van der Waals surface area contributed by atoms with E-state index in [0.717, 1.165) is 52.1 Å². The number of piperazine rings is 1. The summed E-state index contributed by atoms with van der Waals surface area (Å²) >= 11 is 0. The molecule has 1 rings (SSSR count). The number of carbonyl (C=O) groups excluding carboxylic acids is 2. The maximum absolute atomic E-state index is 11.7. The van der Waals surface area contributed by atoms with E-state index in [1.54, 1.807) is 4.90 Å². The van der Waals surface area contributed by atoms with E-state index in [9.17, 15) is 9.59 Å². The highest BCUT2D eigenvalue weighted by Gasteiger charge is 2.17. The third-order valence-corrected chi connectivity index (χ3v) is 3.03. The van der Waals surface area contributed by atoms with Crippen molar-refractivity contribution in [2.45, 2.75) is 6.42 Å². The lowest BCUT2D eigenvalue weighted by atomic mass is 10.3. The molecule has 0 aromatic heterocycles. The van der Waals surface area contributed by atoms with Gasteiger partial charge < -0.3 is 15.1 Å². The Bertz CT molecular complexity index is 263. The lowest BCUT2D eigenvalue weighted by Crippen LogP contribution is -2.49. The average Bonchev–Trinajstić information content (AvgIpc) is 2.35. The number of rotatable bonds is 7. The van der Waals surface area contributed by atoms with Gasteiger partial charge in [-0.2, -0.15) is 0 Å². The molecule has 0 aromatic carbocycles. The molecule has 0 spiro atoms. The third kappa shape index (κ3) is 5.97. The van der Waals surface area contributed by atoms with Crippen molar-refractivity contribution in [3.05, 3.63) is 0 Å². The maximum Gasteiger partial charge on any atom is 0.234 e. The van der Waals surface area contributed by atoms with Gasteiger partial charge in [0.15, 0.2) is 0 Å². The number of nitrogens with one attached hydrogen (secondary N) is 1. The summed E-state index contributed by atoms with van der Waals surface area (Å²) in [5.41, 5.74) is 0. The molecular weight excluding hydrogens is 232 g/mol. The number of nitrogens with zero attached hydrogens (tertiary/aromatic N) is 3. The van der Waals surface area contributed by atoms with Crippen LogP contribution in [0.1, 0.15) is 6.42 Å². The molecule has 104 valence electrons. The summed E-state index contributed by atoms with van der Waals surface area (Å²) in [6.45, 7) is 5.15. The molecule has 1 saturated heterocycles. The first-order chi connectivity index (χ1) is 8.61. The Labute approximate surface area is 109 Å². The van der Waals surface area contributed by atoms with Gasteiger partial charge in [-0.25, -0.2) is 0 Å². The Hall–Kier alpha value is -1.14. The summed E-state index contributed by atoms with van der Waals surface area (Å²) in [6, 6.07) is 0. The molecule has 2 amide bonds. The molecular formula is C12H24N4O2. The van der Waals surface area contributed by atoms with Gasteiger partial charge >= 0.3 is 0 Å². The van der Waals surface area contributed by atoms with E-state index in [2.05, 4.69) is 15.1 Å². The van der Waals surface area contributed by atoms with Crippen LogP contribution >= 0.6 is 0 Å². The van der Waals surface area contributed by atoms with Gasteiger partial charge in [-0.15, -0.1) is 0 Å². The molecule has 0 saturated carbocycles. The van der Waals surface area contributed by atoms with Crippen molar-refractivity contribution < 1.29 is 9.59 Å². The molecule has 0 atom stereocenters. The second-order valence-electron chi connectivity index (χ2n) is 4.92. The van der Waals surface area contributed by atoms with Crippen LogP contribution in [0.15, 0.2) is 0 Å². The fourth-order valence-corrected chi connectivity index (χ4v) is 1.91. The van der Waals surface area contributed by atoms with Gasteiger partial charge in [0, 0.05) is 32.7 Å². The zero-order chi connectivity index (χ0) is 13.4. The smallest absolute Gasteiger partial charge is 0.234 e. The fraction of sp³-hybridized carbons (Fsp3) is 0.833. The Balaban J connectivity index is 2.08. The zero-order valence-electron chi connectivity index (χ0n) is 11.4. The van der Waals surface area contributed by atoms with Crippen molar-refractivity contribution in [1.82, 2.24) is 20.0 Å². The first-order valence-electron chi connectivity index (χ1n) is 6.45. The Morgan fingerprint density at radius 1 is 1.28 bits per heavy atom. The van der Waals surface area contributed by atoms with Gasteiger partial charge in [0.1, 0.15) is 0 Å². The number of carbonyl (C=O) groups is 2. The van der Waals surface area contributed by atoms with Gasteiger partial charge in [-0.1, -0.05) is 0 Å². The van der Waals surface area contributed by atoms with Crippen molar-refractivity contribution >= 4 is 12.3 Å². The third-order valence-electron chi connectivity index (χ3n) is 3.03. The maximum atomic E-state index is 11.7. The van der Waals surface area contributed by atoms with Gasteiger partial charge in [-0.3, -0.25) is 14.5 Å². The summed E-state index contributed by atoms with van der Waals surface area (Å²) in [5.74, 6) is 0.0771. The summed E-state index contributed by atoms with van der Waals surface area (Å²) in [6.07, 6.45) is 1.84. The van der Waals surface area contributed by atoms with Gasteiger partial charge in [0.25, 0.3) is 0 Å². The normalized spacial score (nSPS) is 16.9. The Kier molecular flexibility index (Phi) is 6.67. The molecule has 18 heavy (non-hydrogen) atoms. The molecule has 0 bridgehead atoms. The lowest BCUT2D eigenvalue weighted by Gasteiger charge is -2.31. The molecule has 1 heterocycles. The standard InChI is InChI=1S/C12H24N4O2/c1-14(2)5-3-4-13-12(18)10-15-6-8-16(11-17)9-7-15/h11H,3-10H2,1-2H3,(H,13,18). The van der Waals surface area contributed by atoms with Gasteiger partial charge in [-0.05, 0) is 27.1 Å². The highest BCUT2D eigenvalue weighted by Crippen LogP contribution is 1.98. The van der Waals surface area contributed by atoms with Crippen molar-refractivity contribution in [3.63, 3.8) is 0 Å². The van der Waals surface area contributed by atoms with Crippen LogP contribution in [-0.4, -0.2) is 86.9 Å². The molecule has 0 aliphatic carbocycles. The molecule has 1 fully saturated rings. The number of hydrogen-bond donors (Lipinski definition) is 1. The summed E-state index contributed by atoms with van der Waals surface area (Å²) in [7, 11) is 4.04. The zero-order valence-corrected chi connectivity index (χ0v) is 11.4. The topological polar surface area (TPSA) is 55.9 Å². The highest BCUT2D eigenvalue weighted by molar-refractivity contribution is 5.78. The van der Waals surface area contributed by atoms with Crippen LogP contribution in [0.3, 0.4) is 0 Å². The predicted molar refractivity (Wildman–Crippen MR) is 70.3 cm³/mol. The quantitative estimate of drug-likeness (QED) is 0.460. The number of hydrogen-bond acceptors (Lipinski definition) is 4. The first-order valence-corrected chi connectivity index (χ1v) is 6.45. The first kappa shape index (κ1) is 14.9.